The molecule has 3 aliphatic rings. The third-order valence-electron chi connectivity index (χ3n) is 7.01. The molecule has 2 bridgehead atoms. The van der Waals surface area contributed by atoms with Crippen molar-refractivity contribution in [1.82, 2.24) is 0 Å². The van der Waals surface area contributed by atoms with E-state index in [1.54, 1.807) is 0 Å². The van der Waals surface area contributed by atoms with Crippen LogP contribution in [0.15, 0.2) is 36.4 Å². The highest BCUT2D eigenvalue weighted by atomic mass is 16.2. The van der Waals surface area contributed by atoms with Gasteiger partial charge in [0.25, 0.3) is 0 Å². The Labute approximate surface area is 143 Å². The van der Waals surface area contributed by atoms with Gasteiger partial charge < -0.3 is 0 Å². The summed E-state index contributed by atoms with van der Waals surface area (Å²) in [5.41, 5.74) is 2.61. The number of carbonyl (C=O) groups is 2. The maximum absolute atomic E-state index is 11.6. The van der Waals surface area contributed by atoms with E-state index >= 15 is 0 Å². The lowest BCUT2D eigenvalue weighted by molar-refractivity contribution is -0.141. The molecule has 0 spiro atoms. The van der Waals surface area contributed by atoms with Crippen molar-refractivity contribution < 1.29 is 9.59 Å². The molecule has 2 fully saturated rings. The van der Waals surface area contributed by atoms with Crippen molar-refractivity contribution in [3.8, 4) is 0 Å². The van der Waals surface area contributed by atoms with Crippen molar-refractivity contribution in [2.24, 2.45) is 16.7 Å². The highest BCUT2D eigenvalue weighted by Crippen LogP contribution is 2.61. The van der Waals surface area contributed by atoms with E-state index in [0.717, 1.165) is 12.8 Å². The Bertz CT molecular complexity index is 823. The van der Waals surface area contributed by atoms with Crippen LogP contribution in [0.3, 0.4) is 0 Å². The fraction of sp³-hybridized carbons (Fsp3) is 0.455. The zero-order valence-electron chi connectivity index (χ0n) is 14.7. The van der Waals surface area contributed by atoms with Gasteiger partial charge in [0.15, 0.2) is 0 Å². The van der Waals surface area contributed by atoms with Gasteiger partial charge in [-0.15, -0.1) is 0 Å². The smallest absolute Gasteiger partial charge is 0.205 e. The van der Waals surface area contributed by atoms with E-state index in [4.69, 9.17) is 0 Å². The lowest BCUT2D eigenvalue weighted by atomic mass is 9.70. The predicted molar refractivity (Wildman–Crippen MR) is 96.0 cm³/mol. The molecule has 2 unspecified atom stereocenters. The molecular weight excluding hydrogens is 296 g/mol. The van der Waals surface area contributed by atoms with Gasteiger partial charge in [-0.25, -0.2) is 0 Å². The highest BCUT2D eigenvalue weighted by Gasteiger charge is 2.66. The lowest BCUT2D eigenvalue weighted by Gasteiger charge is -2.31. The zero-order valence-corrected chi connectivity index (χ0v) is 14.7. The molecule has 0 aromatic heterocycles. The third kappa shape index (κ3) is 1.89. The molecule has 0 radical (unpaired) electrons. The van der Waals surface area contributed by atoms with Crippen molar-refractivity contribution in [1.29, 1.82) is 0 Å². The normalized spacial score (nSPS) is 29.0. The Morgan fingerprint density at radius 2 is 1.50 bits per heavy atom. The number of rotatable bonds is 0. The van der Waals surface area contributed by atoms with E-state index in [2.05, 4.69) is 36.4 Å². The number of carbonyl (C=O) groups excluding carboxylic acids is 2. The van der Waals surface area contributed by atoms with Crippen molar-refractivity contribution in [3.63, 3.8) is 0 Å². The first-order valence-corrected chi connectivity index (χ1v) is 8.94. The number of fused-ring (bicyclic) bond motifs is 2. The summed E-state index contributed by atoms with van der Waals surface area (Å²) in [4.78, 5) is 23.0. The predicted octanol–water partition coefficient (Wildman–Crippen LogP) is 4.52. The number of hydrogen-bond donors (Lipinski definition) is 0. The summed E-state index contributed by atoms with van der Waals surface area (Å²) in [7, 11) is 0. The van der Waals surface area contributed by atoms with E-state index in [1.807, 2.05) is 20.8 Å². The van der Waals surface area contributed by atoms with Crippen LogP contribution < -0.4 is 0 Å². The summed E-state index contributed by atoms with van der Waals surface area (Å²) in [6.07, 6.45) is 4.27. The highest BCUT2D eigenvalue weighted by molar-refractivity contribution is 6.43. The minimum atomic E-state index is -0.352. The Kier molecular flexibility index (Phi) is 3.25. The maximum atomic E-state index is 11.6. The Morgan fingerprint density at radius 1 is 0.917 bits per heavy atom. The molecule has 5 rings (SSSR count). The first-order valence-electron chi connectivity index (χ1n) is 8.94. The number of benzene rings is 2. The first-order chi connectivity index (χ1) is 11.4. The molecule has 0 amide bonds. The summed E-state index contributed by atoms with van der Waals surface area (Å²) < 4.78 is 0. The van der Waals surface area contributed by atoms with Crippen molar-refractivity contribution in [2.75, 3.05) is 0 Å². The molecule has 124 valence electrons. The monoisotopic (exact) mass is 320 g/mol. The number of ketones is 2. The van der Waals surface area contributed by atoms with Gasteiger partial charge in [0.05, 0.1) is 0 Å². The molecule has 24 heavy (non-hydrogen) atoms. The summed E-state index contributed by atoms with van der Waals surface area (Å²) >= 11 is 0. The average molecular weight is 320 g/mol. The van der Waals surface area contributed by atoms with Crippen LogP contribution in [0.4, 0.5) is 0 Å². The summed E-state index contributed by atoms with van der Waals surface area (Å²) in [5.74, 6) is -0.229. The topological polar surface area (TPSA) is 34.1 Å². The molecule has 2 aromatic carbocycles. The summed E-state index contributed by atoms with van der Waals surface area (Å²) in [6, 6.07) is 13.2. The molecule has 0 heterocycles. The molecule has 2 atom stereocenters. The second-order valence-corrected chi connectivity index (χ2v) is 8.27. The fourth-order valence-electron chi connectivity index (χ4n) is 4.98. The summed E-state index contributed by atoms with van der Waals surface area (Å²) in [5, 5.41) is 2.92. The van der Waals surface area contributed by atoms with Crippen LogP contribution in [0.25, 0.3) is 10.8 Å². The van der Waals surface area contributed by atoms with Gasteiger partial charge in [-0.05, 0) is 53.0 Å². The van der Waals surface area contributed by atoms with Crippen LogP contribution >= 0.6 is 0 Å². The van der Waals surface area contributed by atoms with Crippen LogP contribution in [0, 0.1) is 16.7 Å². The zero-order chi connectivity index (χ0) is 17.1. The number of aryl methyl sites for hydroxylation is 2. The van der Waals surface area contributed by atoms with Gasteiger partial charge in [-0.2, -0.15) is 0 Å². The Balaban J connectivity index is 0.000000121. The maximum Gasteiger partial charge on any atom is 0.205 e. The fourth-order valence-corrected chi connectivity index (χ4v) is 4.98. The molecule has 2 saturated carbocycles. The van der Waals surface area contributed by atoms with E-state index in [1.165, 1.54) is 34.7 Å². The first kappa shape index (κ1) is 15.6. The lowest BCUT2D eigenvalue weighted by Crippen LogP contribution is -2.33. The van der Waals surface area contributed by atoms with Crippen LogP contribution in [0.5, 0.6) is 0 Å². The van der Waals surface area contributed by atoms with E-state index in [-0.39, 0.29) is 28.3 Å². The number of Topliss-reactive ketones (excluding diaryl/α,β-unsaturated/α-hetero) is 2. The minimum Gasteiger partial charge on any atom is -0.291 e. The minimum absolute atomic E-state index is 0.00926. The van der Waals surface area contributed by atoms with Gasteiger partial charge in [0.1, 0.15) is 0 Å². The largest absolute Gasteiger partial charge is 0.291 e. The Hall–Kier alpha value is -1.96. The van der Waals surface area contributed by atoms with Gasteiger partial charge in [-0.3, -0.25) is 9.59 Å². The molecule has 0 N–H and O–H groups in total. The van der Waals surface area contributed by atoms with Crippen molar-refractivity contribution in [3.05, 3.63) is 47.5 Å². The van der Waals surface area contributed by atoms with Gasteiger partial charge in [-0.1, -0.05) is 57.2 Å². The van der Waals surface area contributed by atoms with E-state index < -0.39 is 0 Å². The molecule has 2 aromatic rings. The Morgan fingerprint density at radius 3 is 1.92 bits per heavy atom. The van der Waals surface area contributed by atoms with Crippen LogP contribution in [0.1, 0.15) is 44.7 Å². The molecule has 3 aliphatic carbocycles. The van der Waals surface area contributed by atoms with Crippen molar-refractivity contribution >= 4 is 22.3 Å². The van der Waals surface area contributed by atoms with Gasteiger partial charge in [0.2, 0.25) is 11.6 Å². The van der Waals surface area contributed by atoms with Crippen LogP contribution in [0.2, 0.25) is 0 Å². The number of hydrogen-bond acceptors (Lipinski definition) is 2. The molecule has 0 saturated heterocycles. The van der Waals surface area contributed by atoms with E-state index in [0.29, 0.717) is 0 Å². The third-order valence-corrected chi connectivity index (χ3v) is 7.01. The molecular formula is C22H24O2. The SMILES string of the molecule is CC12CCC(C(=O)C1=O)C2(C)C.c1cc2c3c(cccc3c1)CC2. The molecule has 0 aliphatic heterocycles. The van der Waals surface area contributed by atoms with Gasteiger partial charge >= 0.3 is 0 Å². The van der Waals surface area contributed by atoms with Crippen molar-refractivity contribution in [2.45, 2.75) is 46.5 Å². The standard InChI is InChI=1S/C12H10.C10H14O2/c1-3-9-4-2-6-11-8-7-10(5-1)12(9)11;1-9(2)6-4-5-10(9,3)8(12)7(6)11/h1-6H,7-8H2;6H,4-5H2,1-3H3. The van der Waals surface area contributed by atoms with E-state index in [9.17, 15) is 9.59 Å². The second-order valence-electron chi connectivity index (χ2n) is 8.27. The molecule has 2 heteroatoms. The van der Waals surface area contributed by atoms with Gasteiger partial charge in [0, 0.05) is 11.3 Å². The average Bonchev–Trinajstić information content (AvgIpc) is 3.12. The summed E-state index contributed by atoms with van der Waals surface area (Å²) in [6.45, 7) is 6.04. The van der Waals surface area contributed by atoms with Crippen LogP contribution in [-0.2, 0) is 22.4 Å². The quantitative estimate of drug-likeness (QED) is 0.669. The second kappa shape index (κ2) is 5.02. The van der Waals surface area contributed by atoms with Crippen LogP contribution in [-0.4, -0.2) is 11.6 Å². The molecule has 2 nitrogen and oxygen atoms in total.